The number of carbonyl (C=O) groups excluding carboxylic acids is 2. The van der Waals surface area contributed by atoms with Crippen LogP contribution in [0, 0.1) is 0 Å². The molecule has 4 heteroatoms. The van der Waals surface area contributed by atoms with E-state index in [1.807, 2.05) is 23.1 Å². The van der Waals surface area contributed by atoms with Crippen molar-refractivity contribution in [3.8, 4) is 0 Å². The molecule has 0 aliphatic carbocycles. The highest BCUT2D eigenvalue weighted by atomic mass is 16.2. The van der Waals surface area contributed by atoms with Gasteiger partial charge in [0.25, 0.3) is 5.91 Å². The summed E-state index contributed by atoms with van der Waals surface area (Å²) in [7, 11) is 0. The highest BCUT2D eigenvalue weighted by Crippen LogP contribution is 2.23. The topological polar surface area (TPSA) is 63.4 Å². The van der Waals surface area contributed by atoms with E-state index in [-0.39, 0.29) is 11.9 Å². The number of benzene rings is 2. The zero-order valence-corrected chi connectivity index (χ0v) is 13.7. The number of rotatable bonds is 4. The van der Waals surface area contributed by atoms with E-state index >= 15 is 0 Å². The fourth-order valence-corrected chi connectivity index (χ4v) is 3.31. The van der Waals surface area contributed by atoms with E-state index in [9.17, 15) is 9.59 Å². The minimum atomic E-state index is -0.478. The fraction of sp³-hybridized carbons (Fsp3) is 0.300. The summed E-state index contributed by atoms with van der Waals surface area (Å²) in [6.07, 6.45) is 4.10. The Morgan fingerprint density at radius 2 is 1.62 bits per heavy atom. The number of primary amides is 1. The molecule has 124 valence electrons. The van der Waals surface area contributed by atoms with Crippen molar-refractivity contribution in [3.05, 3.63) is 71.3 Å². The number of nitrogens with zero attached hydrogens (tertiary/aromatic N) is 1. The van der Waals surface area contributed by atoms with Crippen LogP contribution in [0.1, 0.15) is 45.5 Å². The largest absolute Gasteiger partial charge is 0.366 e. The van der Waals surface area contributed by atoms with Gasteiger partial charge in [0.2, 0.25) is 5.91 Å². The molecule has 2 N–H and O–H groups in total. The highest BCUT2D eigenvalue weighted by molar-refractivity contribution is 5.97. The Balaban J connectivity index is 1.76. The zero-order chi connectivity index (χ0) is 16.9. The molecule has 1 aliphatic rings. The summed E-state index contributed by atoms with van der Waals surface area (Å²) >= 11 is 0. The minimum Gasteiger partial charge on any atom is -0.366 e. The summed E-state index contributed by atoms with van der Waals surface area (Å²) in [5.74, 6) is -0.444. The Morgan fingerprint density at radius 3 is 2.29 bits per heavy atom. The number of amides is 2. The molecule has 1 atom stereocenters. The maximum Gasteiger partial charge on any atom is 0.254 e. The van der Waals surface area contributed by atoms with Crippen LogP contribution in [0.15, 0.2) is 54.6 Å². The van der Waals surface area contributed by atoms with E-state index < -0.39 is 5.91 Å². The normalized spacial score (nSPS) is 17.5. The number of piperidine rings is 1. The molecule has 24 heavy (non-hydrogen) atoms. The van der Waals surface area contributed by atoms with Crippen LogP contribution in [-0.4, -0.2) is 29.3 Å². The Labute approximate surface area is 142 Å². The van der Waals surface area contributed by atoms with Crippen LogP contribution in [0.2, 0.25) is 0 Å². The third-order valence-electron chi connectivity index (χ3n) is 4.62. The first kappa shape index (κ1) is 16.2. The molecule has 1 saturated heterocycles. The molecule has 2 aromatic rings. The van der Waals surface area contributed by atoms with Gasteiger partial charge < -0.3 is 10.6 Å². The van der Waals surface area contributed by atoms with Gasteiger partial charge >= 0.3 is 0 Å². The molecule has 3 rings (SSSR count). The van der Waals surface area contributed by atoms with Gasteiger partial charge in [0.05, 0.1) is 0 Å². The first-order valence-electron chi connectivity index (χ1n) is 8.40. The quantitative estimate of drug-likeness (QED) is 0.940. The minimum absolute atomic E-state index is 0.0339. The number of carbonyl (C=O) groups is 2. The third kappa shape index (κ3) is 3.65. The standard InChI is InChI=1S/C20H22N2O2/c21-19(23)16-9-11-17(12-10-16)20(24)22-13-5-4-8-18(22)14-15-6-2-1-3-7-15/h1-3,6-7,9-12,18H,4-5,8,13-14H2,(H2,21,23)/t18-/m0/s1. The number of likely N-dealkylation sites (tertiary alicyclic amines) is 1. The van der Waals surface area contributed by atoms with Gasteiger partial charge in [-0.25, -0.2) is 0 Å². The molecule has 1 aliphatic heterocycles. The molecular weight excluding hydrogens is 300 g/mol. The molecule has 0 saturated carbocycles. The van der Waals surface area contributed by atoms with E-state index in [2.05, 4.69) is 12.1 Å². The average molecular weight is 322 g/mol. The Morgan fingerprint density at radius 1 is 0.958 bits per heavy atom. The van der Waals surface area contributed by atoms with E-state index in [0.717, 1.165) is 32.2 Å². The van der Waals surface area contributed by atoms with Crippen molar-refractivity contribution in [1.29, 1.82) is 0 Å². The summed E-state index contributed by atoms with van der Waals surface area (Å²) in [4.78, 5) is 26.0. The van der Waals surface area contributed by atoms with E-state index in [1.54, 1.807) is 24.3 Å². The summed E-state index contributed by atoms with van der Waals surface area (Å²) < 4.78 is 0. The monoisotopic (exact) mass is 322 g/mol. The lowest BCUT2D eigenvalue weighted by atomic mass is 9.94. The SMILES string of the molecule is NC(=O)c1ccc(C(=O)N2CCCC[C@H]2Cc2ccccc2)cc1. The molecule has 0 aromatic heterocycles. The molecule has 0 spiro atoms. The highest BCUT2D eigenvalue weighted by Gasteiger charge is 2.27. The maximum atomic E-state index is 12.9. The molecule has 0 unspecified atom stereocenters. The average Bonchev–Trinajstić information content (AvgIpc) is 2.62. The van der Waals surface area contributed by atoms with Crippen molar-refractivity contribution in [1.82, 2.24) is 4.90 Å². The van der Waals surface area contributed by atoms with Gasteiger partial charge in [-0.2, -0.15) is 0 Å². The van der Waals surface area contributed by atoms with E-state index in [1.165, 1.54) is 5.56 Å². The fourth-order valence-electron chi connectivity index (χ4n) is 3.31. The number of hydrogen-bond donors (Lipinski definition) is 1. The van der Waals surface area contributed by atoms with Gasteiger partial charge in [0.1, 0.15) is 0 Å². The van der Waals surface area contributed by atoms with Gasteiger partial charge in [-0.15, -0.1) is 0 Å². The summed E-state index contributed by atoms with van der Waals surface area (Å²) in [5, 5.41) is 0. The summed E-state index contributed by atoms with van der Waals surface area (Å²) in [5.41, 5.74) is 7.55. The van der Waals surface area contributed by atoms with Crippen molar-refractivity contribution in [2.75, 3.05) is 6.54 Å². The number of nitrogens with two attached hydrogens (primary N) is 1. The smallest absolute Gasteiger partial charge is 0.254 e. The molecular formula is C20H22N2O2. The van der Waals surface area contributed by atoms with Crippen LogP contribution < -0.4 is 5.73 Å². The lowest BCUT2D eigenvalue weighted by molar-refractivity contribution is 0.0613. The van der Waals surface area contributed by atoms with Crippen LogP contribution in [0.4, 0.5) is 0 Å². The molecule has 1 heterocycles. The Kier molecular flexibility index (Phi) is 4.94. The van der Waals surface area contributed by atoms with Crippen molar-refractivity contribution in [2.24, 2.45) is 5.73 Å². The third-order valence-corrected chi connectivity index (χ3v) is 4.62. The van der Waals surface area contributed by atoms with Gasteiger partial charge in [0, 0.05) is 23.7 Å². The molecule has 4 nitrogen and oxygen atoms in total. The molecule has 2 aromatic carbocycles. The number of hydrogen-bond acceptors (Lipinski definition) is 2. The van der Waals surface area contributed by atoms with Crippen LogP contribution in [0.3, 0.4) is 0 Å². The van der Waals surface area contributed by atoms with Gasteiger partial charge in [-0.1, -0.05) is 30.3 Å². The van der Waals surface area contributed by atoms with Gasteiger partial charge in [-0.3, -0.25) is 9.59 Å². The van der Waals surface area contributed by atoms with Crippen molar-refractivity contribution >= 4 is 11.8 Å². The second kappa shape index (κ2) is 7.30. The summed E-state index contributed by atoms with van der Waals surface area (Å²) in [6.45, 7) is 0.786. The second-order valence-electron chi connectivity index (χ2n) is 6.28. The first-order valence-corrected chi connectivity index (χ1v) is 8.40. The van der Waals surface area contributed by atoms with Gasteiger partial charge in [-0.05, 0) is 55.5 Å². The van der Waals surface area contributed by atoms with Crippen LogP contribution in [0.5, 0.6) is 0 Å². The van der Waals surface area contributed by atoms with E-state index in [4.69, 9.17) is 5.73 Å². The Hall–Kier alpha value is -2.62. The van der Waals surface area contributed by atoms with Crippen molar-refractivity contribution in [3.63, 3.8) is 0 Å². The van der Waals surface area contributed by atoms with Crippen LogP contribution >= 0.6 is 0 Å². The summed E-state index contributed by atoms with van der Waals surface area (Å²) in [6, 6.07) is 17.1. The molecule has 2 amide bonds. The second-order valence-corrected chi connectivity index (χ2v) is 6.28. The van der Waals surface area contributed by atoms with Gasteiger partial charge in [0.15, 0.2) is 0 Å². The van der Waals surface area contributed by atoms with E-state index in [0.29, 0.717) is 11.1 Å². The predicted octanol–water partition coefficient (Wildman–Crippen LogP) is 3.02. The first-order chi connectivity index (χ1) is 11.6. The molecule has 0 radical (unpaired) electrons. The van der Waals surface area contributed by atoms with Crippen molar-refractivity contribution < 1.29 is 9.59 Å². The lowest BCUT2D eigenvalue weighted by Gasteiger charge is -2.36. The molecule has 0 bridgehead atoms. The maximum absolute atomic E-state index is 12.9. The molecule has 1 fully saturated rings. The van der Waals surface area contributed by atoms with Crippen molar-refractivity contribution in [2.45, 2.75) is 31.7 Å². The van der Waals surface area contributed by atoms with Crippen LogP contribution in [-0.2, 0) is 6.42 Å². The predicted molar refractivity (Wildman–Crippen MR) is 93.8 cm³/mol. The Bertz CT molecular complexity index is 710. The zero-order valence-electron chi connectivity index (χ0n) is 13.7. The van der Waals surface area contributed by atoms with Crippen LogP contribution in [0.25, 0.3) is 0 Å². The lowest BCUT2D eigenvalue weighted by Crippen LogP contribution is -2.44.